The van der Waals surface area contributed by atoms with Crippen LogP contribution in [-0.4, -0.2) is 65.6 Å². The fraction of sp³-hybridized carbons (Fsp3) is 0.281. The Labute approximate surface area is 250 Å². The van der Waals surface area contributed by atoms with Crippen molar-refractivity contribution in [2.45, 2.75) is 44.2 Å². The molecule has 4 atom stereocenters. The number of pyridine rings is 1. The minimum atomic E-state index is -0.467. The molecule has 1 aromatic carbocycles. The Balaban J connectivity index is 1.15. The highest BCUT2D eigenvalue weighted by atomic mass is 19.1. The van der Waals surface area contributed by atoms with Crippen molar-refractivity contribution in [1.29, 1.82) is 0 Å². The number of nitrogens with zero attached hydrogens (tertiary/aromatic N) is 7. The average Bonchev–Trinajstić information content (AvgIpc) is 3.44. The summed E-state index contributed by atoms with van der Waals surface area (Å²) in [6.07, 6.45) is 7.42. The summed E-state index contributed by atoms with van der Waals surface area (Å²) >= 11 is 0. The number of fused-ring (bicyclic) bond motifs is 1. The lowest BCUT2D eigenvalue weighted by Crippen LogP contribution is -2.85. The number of ether oxygens (including phenoxy) is 1. The number of hydrogen-bond donors (Lipinski definition) is 1. The SMILES string of the molecule is COc1ccc(-c2ccc(-c3cnn4c(N)c(C(C)=O)c(C5CC6N(C(=O)c7cccnn7)C7CCC576)nc34)cn2)cc1F. The van der Waals surface area contributed by atoms with Gasteiger partial charge in [-0.1, -0.05) is 6.07 Å². The van der Waals surface area contributed by atoms with E-state index in [-0.39, 0.29) is 46.7 Å². The lowest BCUT2D eigenvalue weighted by molar-refractivity contribution is -0.256. The van der Waals surface area contributed by atoms with Crippen molar-refractivity contribution in [1.82, 2.24) is 34.7 Å². The summed E-state index contributed by atoms with van der Waals surface area (Å²) in [7, 11) is 1.42. The molecule has 1 amide bonds. The Morgan fingerprint density at radius 1 is 1.11 bits per heavy atom. The number of benzene rings is 1. The Morgan fingerprint density at radius 2 is 1.95 bits per heavy atom. The first kappa shape index (κ1) is 26.4. The molecule has 0 radical (unpaired) electrons. The van der Waals surface area contributed by atoms with Gasteiger partial charge < -0.3 is 15.4 Å². The third-order valence-corrected chi connectivity index (χ3v) is 9.81. The lowest BCUT2D eigenvalue weighted by atomic mass is 9.37. The molecule has 1 spiro atoms. The van der Waals surface area contributed by atoms with Crippen LogP contribution in [0.25, 0.3) is 28.0 Å². The number of ketones is 1. The number of hydrogen-bond acceptors (Lipinski definition) is 9. The Kier molecular flexibility index (Phi) is 5.62. The highest BCUT2D eigenvalue weighted by Crippen LogP contribution is 2.74. The number of aromatic nitrogens is 6. The molecule has 1 aliphatic heterocycles. The molecule has 220 valence electrons. The van der Waals surface area contributed by atoms with Gasteiger partial charge in [-0.05, 0) is 62.6 Å². The van der Waals surface area contributed by atoms with Crippen LogP contribution in [0, 0.1) is 11.2 Å². The van der Waals surface area contributed by atoms with Gasteiger partial charge in [-0.25, -0.2) is 9.37 Å². The van der Waals surface area contributed by atoms with Crippen LogP contribution in [0.5, 0.6) is 5.75 Å². The fourth-order valence-electron chi connectivity index (χ4n) is 7.64. The second kappa shape index (κ2) is 9.37. The molecular formula is C32H27FN8O3. The van der Waals surface area contributed by atoms with E-state index in [4.69, 9.17) is 15.5 Å². The standard InChI is InChI=1S/C32H27FN8O3/c1-16(42)27-28(20-13-26-32(20)10-9-25(32)40(26)31(43)23-4-3-11-36-39-23)38-30-19(15-37-41(30)29(27)34)18-5-7-22(35-14-18)17-6-8-24(44-2)21(33)12-17/h3-8,11-12,14-15,20,25-26H,9-10,13,34H2,1-2H3. The smallest absolute Gasteiger partial charge is 0.274 e. The van der Waals surface area contributed by atoms with Crippen LogP contribution in [0.3, 0.4) is 0 Å². The molecule has 8 rings (SSSR count). The molecule has 2 N–H and O–H groups in total. The minimum absolute atomic E-state index is 0.0171. The maximum absolute atomic E-state index is 14.3. The van der Waals surface area contributed by atoms with E-state index in [1.807, 2.05) is 11.0 Å². The zero-order valence-electron chi connectivity index (χ0n) is 23.9. The first-order valence-electron chi connectivity index (χ1n) is 14.4. The van der Waals surface area contributed by atoms with Gasteiger partial charge in [0.2, 0.25) is 0 Å². The van der Waals surface area contributed by atoms with Gasteiger partial charge in [-0.2, -0.15) is 14.7 Å². The number of methoxy groups -OCH3 is 1. The maximum Gasteiger partial charge on any atom is 0.274 e. The van der Waals surface area contributed by atoms with E-state index >= 15 is 0 Å². The summed E-state index contributed by atoms with van der Waals surface area (Å²) < 4.78 is 20.8. The van der Waals surface area contributed by atoms with Crippen LogP contribution in [0.4, 0.5) is 10.2 Å². The molecule has 44 heavy (non-hydrogen) atoms. The second-order valence-electron chi connectivity index (χ2n) is 11.7. The van der Waals surface area contributed by atoms with Crippen molar-refractivity contribution in [3.05, 3.63) is 83.8 Å². The van der Waals surface area contributed by atoms with Gasteiger partial charge in [-0.3, -0.25) is 14.6 Å². The number of carbonyl (C=O) groups excluding carboxylic acids is 2. The number of rotatable bonds is 6. The number of likely N-dealkylation sites (tertiary alicyclic amines) is 1. The van der Waals surface area contributed by atoms with Crippen LogP contribution in [0.1, 0.15) is 58.6 Å². The molecule has 4 unspecified atom stereocenters. The van der Waals surface area contributed by atoms with Gasteiger partial charge >= 0.3 is 0 Å². The first-order chi connectivity index (χ1) is 21.3. The van der Waals surface area contributed by atoms with Crippen LogP contribution >= 0.6 is 0 Å². The van der Waals surface area contributed by atoms with E-state index in [2.05, 4.69) is 20.3 Å². The van der Waals surface area contributed by atoms with Gasteiger partial charge in [0.15, 0.2) is 28.7 Å². The number of piperidine rings is 2. The largest absolute Gasteiger partial charge is 0.494 e. The van der Waals surface area contributed by atoms with Gasteiger partial charge in [0, 0.05) is 52.5 Å². The van der Waals surface area contributed by atoms with E-state index in [9.17, 15) is 14.0 Å². The lowest BCUT2D eigenvalue weighted by Gasteiger charge is -2.79. The molecular weight excluding hydrogens is 563 g/mol. The Morgan fingerprint density at radius 3 is 2.59 bits per heavy atom. The van der Waals surface area contributed by atoms with Crippen LogP contribution in [0.15, 0.2) is 61.1 Å². The number of amides is 1. The van der Waals surface area contributed by atoms with Crippen LogP contribution < -0.4 is 10.5 Å². The zero-order chi connectivity index (χ0) is 30.3. The topological polar surface area (TPSA) is 141 Å². The highest BCUT2D eigenvalue weighted by molar-refractivity contribution is 6.01. The average molecular weight is 591 g/mol. The zero-order valence-corrected chi connectivity index (χ0v) is 23.9. The third kappa shape index (κ3) is 3.44. The van der Waals surface area contributed by atoms with Crippen LogP contribution in [-0.2, 0) is 0 Å². The number of Topliss-reactive ketones (excluding diaryl/α,β-unsaturated/α-hetero) is 1. The highest BCUT2D eigenvalue weighted by Gasteiger charge is 2.77. The summed E-state index contributed by atoms with van der Waals surface area (Å²) in [5.74, 6) is -0.363. The second-order valence-corrected chi connectivity index (χ2v) is 11.7. The van der Waals surface area contributed by atoms with E-state index in [1.54, 1.807) is 48.9 Å². The van der Waals surface area contributed by atoms with Gasteiger partial charge in [0.1, 0.15) is 5.82 Å². The normalized spacial score (nSPS) is 23.2. The Hall–Kier alpha value is -5.26. The number of halogens is 1. The van der Waals surface area contributed by atoms with Crippen molar-refractivity contribution in [2.75, 3.05) is 12.8 Å². The maximum atomic E-state index is 14.3. The van der Waals surface area contributed by atoms with Crippen molar-refractivity contribution in [2.24, 2.45) is 5.41 Å². The van der Waals surface area contributed by atoms with Crippen molar-refractivity contribution in [3.8, 4) is 28.1 Å². The molecule has 5 aromatic rings. The van der Waals surface area contributed by atoms with Gasteiger partial charge in [0.05, 0.1) is 30.3 Å². The monoisotopic (exact) mass is 590 g/mol. The van der Waals surface area contributed by atoms with Gasteiger partial charge in [-0.15, -0.1) is 5.10 Å². The summed E-state index contributed by atoms with van der Waals surface area (Å²) in [5.41, 5.74) is 11.1. The molecule has 2 saturated carbocycles. The Bertz CT molecular complexity index is 1990. The molecule has 5 heterocycles. The van der Waals surface area contributed by atoms with E-state index in [0.29, 0.717) is 45.8 Å². The summed E-state index contributed by atoms with van der Waals surface area (Å²) in [6.45, 7) is 1.49. The molecule has 4 aromatic heterocycles. The quantitative estimate of drug-likeness (QED) is 0.286. The number of nitrogen functional groups attached to an aromatic ring is 1. The van der Waals surface area contributed by atoms with E-state index in [1.165, 1.54) is 24.6 Å². The fourth-order valence-corrected chi connectivity index (χ4v) is 7.64. The number of nitrogens with two attached hydrogens (primary N) is 1. The summed E-state index contributed by atoms with van der Waals surface area (Å²) in [6, 6.07) is 11.9. The molecule has 3 aliphatic rings. The third-order valence-electron chi connectivity index (χ3n) is 9.81. The minimum Gasteiger partial charge on any atom is -0.494 e. The van der Waals surface area contributed by atoms with Crippen molar-refractivity contribution < 1.29 is 18.7 Å². The molecule has 1 saturated heterocycles. The predicted molar refractivity (Wildman–Crippen MR) is 157 cm³/mol. The summed E-state index contributed by atoms with van der Waals surface area (Å²) in [5, 5.41) is 12.4. The first-order valence-corrected chi connectivity index (χ1v) is 14.4. The molecule has 0 bridgehead atoms. The van der Waals surface area contributed by atoms with Crippen LogP contribution in [0.2, 0.25) is 0 Å². The predicted octanol–water partition coefficient (Wildman–Crippen LogP) is 4.34. The summed E-state index contributed by atoms with van der Waals surface area (Å²) in [4.78, 5) is 37.8. The number of carbonyl (C=O) groups is 2. The molecule has 2 aliphatic carbocycles. The molecule has 11 nitrogen and oxygen atoms in total. The van der Waals surface area contributed by atoms with Gasteiger partial charge in [0.25, 0.3) is 5.91 Å². The van der Waals surface area contributed by atoms with Crippen molar-refractivity contribution >= 4 is 23.2 Å². The van der Waals surface area contributed by atoms with E-state index in [0.717, 1.165) is 18.4 Å². The number of anilines is 1. The molecule has 3 fully saturated rings. The van der Waals surface area contributed by atoms with Crippen molar-refractivity contribution in [3.63, 3.8) is 0 Å². The van der Waals surface area contributed by atoms with E-state index < -0.39 is 5.82 Å². The molecule has 12 heteroatoms.